The third kappa shape index (κ3) is 2.07. The third-order valence-corrected chi connectivity index (χ3v) is 7.80. The number of hydrogen-bond donors (Lipinski definition) is 0. The first-order valence-corrected chi connectivity index (χ1v) is 9.53. The van der Waals surface area contributed by atoms with Crippen LogP contribution in [0, 0.1) is 0 Å². The summed E-state index contributed by atoms with van der Waals surface area (Å²) in [5.41, 5.74) is 4.34. The molecule has 0 saturated carbocycles. The molecule has 2 aliphatic rings. The molecular formula is C16H14AsN3O. The number of para-hydroxylation sites is 1. The van der Waals surface area contributed by atoms with Gasteiger partial charge in [0.15, 0.2) is 0 Å². The first kappa shape index (κ1) is 12.7. The molecule has 0 saturated heterocycles. The molecule has 21 heavy (non-hydrogen) atoms. The van der Waals surface area contributed by atoms with Gasteiger partial charge in [-0.05, 0) is 0 Å². The van der Waals surface area contributed by atoms with E-state index < -0.39 is 15.2 Å². The molecule has 2 aromatic rings. The molecule has 0 fully saturated rings. The Hall–Kier alpha value is -2.06. The topological polar surface area (TPSA) is 37.2 Å². The van der Waals surface area contributed by atoms with Crippen LogP contribution in [0.25, 0.3) is 0 Å². The van der Waals surface area contributed by atoms with E-state index in [-0.39, 0.29) is 4.71 Å². The van der Waals surface area contributed by atoms with Gasteiger partial charge in [-0.2, -0.15) is 0 Å². The van der Waals surface area contributed by atoms with E-state index in [1.807, 2.05) is 36.4 Å². The van der Waals surface area contributed by atoms with E-state index in [0.29, 0.717) is 0 Å². The SMILES string of the molecule is CC1=NN(c2ccccc2)[As]2ON=C(c3ccccc3)C12. The molecule has 4 nitrogen and oxygen atoms in total. The molecule has 0 aliphatic carbocycles. The second-order valence-electron chi connectivity index (χ2n) is 5.00. The summed E-state index contributed by atoms with van der Waals surface area (Å²) >= 11 is -1.82. The number of fused-ring (bicyclic) bond motifs is 1. The standard InChI is InChI=1S/C16H14AsN3O/c1-12-15-16(13-8-4-2-5-9-13)19-21-17(15)20(18-12)14-10-6-3-7-11-14/h2-11,15H,1H3. The van der Waals surface area contributed by atoms with E-state index in [0.717, 1.165) is 22.7 Å². The van der Waals surface area contributed by atoms with Gasteiger partial charge in [0.25, 0.3) is 0 Å². The van der Waals surface area contributed by atoms with Crippen LogP contribution >= 0.6 is 0 Å². The summed E-state index contributed by atoms with van der Waals surface area (Å²) in [6.45, 7) is 2.07. The Bertz CT molecular complexity index is 715. The molecule has 2 heterocycles. The van der Waals surface area contributed by atoms with E-state index >= 15 is 0 Å². The molecule has 2 aliphatic heterocycles. The summed E-state index contributed by atoms with van der Waals surface area (Å²) in [5, 5.41) is 9.10. The first-order valence-electron chi connectivity index (χ1n) is 6.84. The van der Waals surface area contributed by atoms with E-state index in [1.165, 1.54) is 0 Å². The van der Waals surface area contributed by atoms with E-state index in [2.05, 4.69) is 40.3 Å². The van der Waals surface area contributed by atoms with Crippen LogP contribution in [-0.2, 0) is 3.83 Å². The van der Waals surface area contributed by atoms with Crippen molar-refractivity contribution in [2.24, 2.45) is 10.3 Å². The van der Waals surface area contributed by atoms with Gasteiger partial charge >= 0.3 is 128 Å². The zero-order chi connectivity index (χ0) is 14.2. The van der Waals surface area contributed by atoms with E-state index in [4.69, 9.17) is 8.93 Å². The summed E-state index contributed by atoms with van der Waals surface area (Å²) in [6.07, 6.45) is 0. The fraction of sp³-hybridized carbons (Fsp3) is 0.125. The average Bonchev–Trinajstić information content (AvgIpc) is 3.11. The van der Waals surface area contributed by atoms with E-state index in [1.54, 1.807) is 0 Å². The van der Waals surface area contributed by atoms with Crippen LogP contribution in [-0.4, -0.2) is 26.6 Å². The molecule has 2 atom stereocenters. The van der Waals surface area contributed by atoms with Gasteiger partial charge in [-0.3, -0.25) is 0 Å². The normalized spacial score (nSPS) is 23.4. The van der Waals surface area contributed by atoms with Crippen LogP contribution in [0.4, 0.5) is 5.69 Å². The fourth-order valence-electron chi connectivity index (χ4n) is 2.59. The molecule has 104 valence electrons. The van der Waals surface area contributed by atoms with E-state index in [9.17, 15) is 0 Å². The van der Waals surface area contributed by atoms with Gasteiger partial charge in [-0.25, -0.2) is 0 Å². The Balaban J connectivity index is 1.68. The average molecular weight is 339 g/mol. The minimum atomic E-state index is -1.82. The van der Waals surface area contributed by atoms with Crippen LogP contribution in [0.2, 0.25) is 4.71 Å². The summed E-state index contributed by atoms with van der Waals surface area (Å²) < 4.78 is 8.12. The Morgan fingerprint density at radius 3 is 2.38 bits per heavy atom. The van der Waals surface area contributed by atoms with Gasteiger partial charge in [0.05, 0.1) is 0 Å². The number of rotatable bonds is 2. The van der Waals surface area contributed by atoms with Gasteiger partial charge in [0.2, 0.25) is 0 Å². The number of oxime groups is 1. The van der Waals surface area contributed by atoms with Crippen molar-refractivity contribution in [1.82, 2.24) is 0 Å². The zero-order valence-corrected chi connectivity index (χ0v) is 13.4. The van der Waals surface area contributed by atoms with Gasteiger partial charge in [-0.1, -0.05) is 0 Å². The number of benzene rings is 2. The van der Waals surface area contributed by atoms with Crippen LogP contribution in [0.15, 0.2) is 70.9 Å². The summed E-state index contributed by atoms with van der Waals surface area (Å²) in [7, 11) is 0. The molecule has 4 rings (SSSR count). The van der Waals surface area contributed by atoms with Crippen LogP contribution in [0.5, 0.6) is 0 Å². The molecule has 0 N–H and O–H groups in total. The van der Waals surface area contributed by atoms with Crippen molar-refractivity contribution in [2.45, 2.75) is 11.6 Å². The predicted octanol–water partition coefficient (Wildman–Crippen LogP) is 3.18. The Morgan fingerprint density at radius 1 is 1.00 bits per heavy atom. The molecule has 0 spiro atoms. The van der Waals surface area contributed by atoms with Crippen molar-refractivity contribution < 1.29 is 3.83 Å². The fourth-order valence-corrected chi connectivity index (χ4v) is 6.62. The van der Waals surface area contributed by atoms with Crippen molar-refractivity contribution in [2.75, 3.05) is 3.93 Å². The first-order chi connectivity index (χ1) is 10.3. The number of hydrogen-bond acceptors (Lipinski definition) is 4. The second kappa shape index (κ2) is 5.05. The van der Waals surface area contributed by atoms with Gasteiger partial charge in [-0.15, -0.1) is 0 Å². The second-order valence-corrected chi connectivity index (χ2v) is 8.49. The Kier molecular flexibility index (Phi) is 3.04. The zero-order valence-electron chi connectivity index (χ0n) is 11.5. The molecule has 0 amide bonds. The van der Waals surface area contributed by atoms with Crippen LogP contribution < -0.4 is 3.93 Å². The third-order valence-electron chi connectivity index (χ3n) is 3.59. The van der Waals surface area contributed by atoms with Crippen molar-refractivity contribution in [1.29, 1.82) is 0 Å². The summed E-state index contributed by atoms with van der Waals surface area (Å²) in [5.74, 6) is 0. The molecule has 0 aromatic heterocycles. The Morgan fingerprint density at radius 2 is 1.67 bits per heavy atom. The number of nitrogens with zero attached hydrogens (tertiary/aromatic N) is 3. The molecule has 0 radical (unpaired) electrons. The summed E-state index contributed by atoms with van der Waals surface area (Å²) in [6, 6.07) is 20.4. The predicted molar refractivity (Wildman–Crippen MR) is 85.6 cm³/mol. The maximum absolute atomic E-state index is 5.83. The monoisotopic (exact) mass is 339 g/mol. The number of anilines is 1. The number of hydrazone groups is 1. The minimum absolute atomic E-state index is 0.236. The van der Waals surface area contributed by atoms with Crippen LogP contribution in [0.3, 0.4) is 0 Å². The van der Waals surface area contributed by atoms with Crippen LogP contribution in [0.1, 0.15) is 12.5 Å². The molecule has 2 aromatic carbocycles. The quantitative estimate of drug-likeness (QED) is 0.788. The van der Waals surface area contributed by atoms with Gasteiger partial charge in [0, 0.05) is 0 Å². The molecule has 5 heteroatoms. The molecule has 0 bridgehead atoms. The molecule has 2 unspecified atom stereocenters. The van der Waals surface area contributed by atoms with Gasteiger partial charge < -0.3 is 0 Å². The van der Waals surface area contributed by atoms with Crippen molar-refractivity contribution in [3.63, 3.8) is 0 Å². The summed E-state index contributed by atoms with van der Waals surface area (Å²) in [4.78, 5) is 0. The van der Waals surface area contributed by atoms with Crippen molar-refractivity contribution >= 4 is 32.3 Å². The van der Waals surface area contributed by atoms with Crippen molar-refractivity contribution in [3.8, 4) is 0 Å². The molecular weight excluding hydrogens is 325 g/mol. The Labute approximate surface area is 128 Å². The van der Waals surface area contributed by atoms with Crippen molar-refractivity contribution in [3.05, 3.63) is 66.2 Å². The van der Waals surface area contributed by atoms with Gasteiger partial charge in [0.1, 0.15) is 0 Å². The maximum atomic E-state index is 5.83.